The molecule has 0 radical (unpaired) electrons. The summed E-state index contributed by atoms with van der Waals surface area (Å²) in [7, 11) is -1.35. The average molecular weight is 332 g/mol. The molecule has 22 heavy (non-hydrogen) atoms. The minimum Gasteiger partial charge on any atom is -0.301 e. The summed E-state index contributed by atoms with van der Waals surface area (Å²) >= 11 is 1.26. The molecule has 112 valence electrons. The largest absolute Gasteiger partial charge is 0.301 e. The molecule has 0 fully saturated rings. The molecule has 7 heteroatoms. The number of hydroxylamine groups is 1. The van der Waals surface area contributed by atoms with Crippen LogP contribution < -0.4 is 10.2 Å². The molecule has 3 N–H and O–H groups in total. The van der Waals surface area contributed by atoms with Crippen molar-refractivity contribution in [2.24, 2.45) is 0 Å². The molecule has 1 aromatic heterocycles. The van der Waals surface area contributed by atoms with Crippen LogP contribution in [0.2, 0.25) is 0 Å². The highest BCUT2D eigenvalue weighted by atomic mass is 32.2. The minimum atomic E-state index is -1.35. The van der Waals surface area contributed by atoms with Crippen molar-refractivity contribution < 1.29 is 14.2 Å². The second-order valence-electron chi connectivity index (χ2n) is 4.49. The van der Waals surface area contributed by atoms with Crippen LogP contribution >= 0.6 is 11.3 Å². The van der Waals surface area contributed by atoms with Gasteiger partial charge in [0.15, 0.2) is 0 Å². The van der Waals surface area contributed by atoms with Crippen LogP contribution in [0.1, 0.15) is 9.67 Å². The van der Waals surface area contributed by atoms with Gasteiger partial charge < -0.3 is 4.72 Å². The third kappa shape index (κ3) is 3.01. The molecule has 0 aliphatic carbocycles. The number of anilines is 1. The van der Waals surface area contributed by atoms with E-state index in [-0.39, 0.29) is 0 Å². The molecule has 2 aromatic carbocycles. The van der Waals surface area contributed by atoms with Crippen molar-refractivity contribution in [3.63, 3.8) is 0 Å². The minimum absolute atomic E-state index is 0.416. The third-order valence-electron chi connectivity index (χ3n) is 3.01. The molecule has 0 aliphatic rings. The number of amides is 1. The fourth-order valence-corrected chi connectivity index (χ4v) is 3.83. The lowest BCUT2D eigenvalue weighted by Gasteiger charge is -2.05. The highest BCUT2D eigenvalue weighted by Crippen LogP contribution is 2.28. The number of carbonyl (C=O) groups is 1. The van der Waals surface area contributed by atoms with Gasteiger partial charge in [-0.05, 0) is 35.7 Å². The Kier molecular flexibility index (Phi) is 4.19. The molecular weight excluding hydrogens is 320 g/mol. The van der Waals surface area contributed by atoms with Crippen LogP contribution in [0, 0.1) is 0 Å². The third-order valence-corrected chi connectivity index (χ3v) is 5.23. The zero-order chi connectivity index (χ0) is 15.5. The molecular formula is C15H12N2O3S2. The van der Waals surface area contributed by atoms with Gasteiger partial charge in [0.1, 0.15) is 11.0 Å². The maximum Gasteiger partial charge on any atom is 0.284 e. The summed E-state index contributed by atoms with van der Waals surface area (Å²) in [5.74, 6) is -0.538. The van der Waals surface area contributed by atoms with Gasteiger partial charge in [-0.3, -0.25) is 10.0 Å². The lowest BCUT2D eigenvalue weighted by molar-refractivity contribution is 0.0711. The molecule has 0 spiro atoms. The Bertz CT molecular complexity index is 846. The Balaban J connectivity index is 1.86. The SMILES string of the molecule is O=C(NO)c1cc2ccc(NS(=O)c3ccccc3)cc2s1. The summed E-state index contributed by atoms with van der Waals surface area (Å²) in [6, 6.07) is 16.3. The standard InChI is InChI=1S/C15H12N2O3S2/c18-15(16-19)14-8-10-6-7-11(9-13(10)21-14)17-22(20)12-4-2-1-3-5-12/h1-9,17,19H,(H,16,18). The number of thiophene rings is 1. The van der Waals surface area contributed by atoms with E-state index in [9.17, 15) is 9.00 Å². The number of hydrogen-bond acceptors (Lipinski definition) is 4. The van der Waals surface area contributed by atoms with Gasteiger partial charge in [0.2, 0.25) is 0 Å². The van der Waals surface area contributed by atoms with E-state index >= 15 is 0 Å². The number of carbonyl (C=O) groups excluding carboxylic acids is 1. The molecule has 0 bridgehead atoms. The van der Waals surface area contributed by atoms with Crippen LogP contribution in [0.3, 0.4) is 0 Å². The van der Waals surface area contributed by atoms with Gasteiger partial charge in [0.05, 0.1) is 9.77 Å². The summed E-state index contributed by atoms with van der Waals surface area (Å²) in [5, 5.41) is 9.56. The monoisotopic (exact) mass is 332 g/mol. The topological polar surface area (TPSA) is 78.4 Å². The van der Waals surface area contributed by atoms with Gasteiger partial charge in [-0.15, -0.1) is 11.3 Å². The predicted molar refractivity (Wildman–Crippen MR) is 87.6 cm³/mol. The van der Waals surface area contributed by atoms with Crippen LogP contribution in [0.25, 0.3) is 10.1 Å². The van der Waals surface area contributed by atoms with Crippen LogP contribution in [-0.4, -0.2) is 15.3 Å². The van der Waals surface area contributed by atoms with Crippen LogP contribution in [0.15, 0.2) is 59.5 Å². The Labute approximate surface area is 133 Å². The number of benzene rings is 2. The molecule has 0 saturated carbocycles. The second kappa shape index (κ2) is 6.27. The van der Waals surface area contributed by atoms with Crippen molar-refractivity contribution in [2.75, 3.05) is 4.72 Å². The fraction of sp³-hybridized carbons (Fsp3) is 0. The molecule has 3 rings (SSSR count). The predicted octanol–water partition coefficient (Wildman–Crippen LogP) is 3.16. The Hall–Kier alpha value is -2.22. The highest BCUT2D eigenvalue weighted by molar-refractivity contribution is 7.86. The van der Waals surface area contributed by atoms with Gasteiger partial charge in [0, 0.05) is 10.4 Å². The molecule has 1 atom stereocenters. The van der Waals surface area contributed by atoms with E-state index in [0.717, 1.165) is 10.1 Å². The zero-order valence-corrected chi connectivity index (χ0v) is 12.9. The maximum atomic E-state index is 12.2. The lowest BCUT2D eigenvalue weighted by Crippen LogP contribution is -2.16. The van der Waals surface area contributed by atoms with Gasteiger partial charge in [0.25, 0.3) is 5.91 Å². The van der Waals surface area contributed by atoms with E-state index in [4.69, 9.17) is 5.21 Å². The number of hydrogen-bond donors (Lipinski definition) is 3. The van der Waals surface area contributed by atoms with E-state index in [1.54, 1.807) is 29.7 Å². The van der Waals surface area contributed by atoms with Gasteiger partial charge in [-0.1, -0.05) is 24.3 Å². The van der Waals surface area contributed by atoms with E-state index in [2.05, 4.69) is 4.72 Å². The van der Waals surface area contributed by atoms with Gasteiger partial charge in [-0.2, -0.15) is 0 Å². The smallest absolute Gasteiger partial charge is 0.284 e. The molecule has 1 unspecified atom stereocenters. The quantitative estimate of drug-likeness (QED) is 0.507. The van der Waals surface area contributed by atoms with E-state index in [1.807, 2.05) is 30.3 Å². The molecule has 5 nitrogen and oxygen atoms in total. The van der Waals surface area contributed by atoms with Gasteiger partial charge in [-0.25, -0.2) is 9.69 Å². The molecule has 3 aromatic rings. The van der Waals surface area contributed by atoms with Crippen molar-refractivity contribution in [3.05, 3.63) is 59.5 Å². The Morgan fingerprint density at radius 2 is 1.86 bits per heavy atom. The van der Waals surface area contributed by atoms with Crippen molar-refractivity contribution in [1.82, 2.24) is 5.48 Å². The molecule has 1 amide bonds. The van der Waals surface area contributed by atoms with Crippen LogP contribution in [0.4, 0.5) is 5.69 Å². The van der Waals surface area contributed by atoms with Crippen molar-refractivity contribution in [3.8, 4) is 0 Å². The summed E-state index contributed by atoms with van der Waals surface area (Å²) in [6.45, 7) is 0. The fourth-order valence-electron chi connectivity index (χ4n) is 1.97. The lowest BCUT2D eigenvalue weighted by atomic mass is 10.2. The van der Waals surface area contributed by atoms with Crippen molar-refractivity contribution in [1.29, 1.82) is 0 Å². The number of rotatable bonds is 4. The second-order valence-corrected chi connectivity index (χ2v) is 6.78. The summed E-state index contributed by atoms with van der Waals surface area (Å²) in [5.41, 5.74) is 2.32. The van der Waals surface area contributed by atoms with E-state index in [1.165, 1.54) is 11.3 Å². The summed E-state index contributed by atoms with van der Waals surface area (Å²) < 4.78 is 16.0. The van der Waals surface area contributed by atoms with Crippen LogP contribution in [0.5, 0.6) is 0 Å². The normalized spacial score (nSPS) is 12.0. The van der Waals surface area contributed by atoms with E-state index < -0.39 is 16.9 Å². The Morgan fingerprint density at radius 1 is 1.09 bits per heavy atom. The van der Waals surface area contributed by atoms with Crippen molar-refractivity contribution in [2.45, 2.75) is 4.90 Å². The zero-order valence-electron chi connectivity index (χ0n) is 11.3. The first-order valence-corrected chi connectivity index (χ1v) is 8.35. The maximum absolute atomic E-state index is 12.2. The molecule has 0 aliphatic heterocycles. The number of fused-ring (bicyclic) bond motifs is 1. The molecule has 0 saturated heterocycles. The first kappa shape index (κ1) is 14.7. The number of nitrogens with one attached hydrogen (secondary N) is 2. The first-order valence-electron chi connectivity index (χ1n) is 6.39. The Morgan fingerprint density at radius 3 is 2.59 bits per heavy atom. The summed E-state index contributed by atoms with van der Waals surface area (Å²) in [6.07, 6.45) is 0. The summed E-state index contributed by atoms with van der Waals surface area (Å²) in [4.78, 5) is 12.5. The average Bonchev–Trinajstić information content (AvgIpc) is 2.98. The molecule has 1 heterocycles. The van der Waals surface area contributed by atoms with E-state index in [0.29, 0.717) is 15.5 Å². The highest BCUT2D eigenvalue weighted by Gasteiger charge is 2.10. The van der Waals surface area contributed by atoms with Gasteiger partial charge >= 0.3 is 0 Å². The first-order chi connectivity index (χ1) is 10.7. The van der Waals surface area contributed by atoms with Crippen molar-refractivity contribution >= 4 is 44.0 Å². The van der Waals surface area contributed by atoms with Crippen LogP contribution in [-0.2, 0) is 11.0 Å².